The maximum absolute atomic E-state index is 11.6. The molecule has 0 heterocycles. The topological polar surface area (TPSA) is 116 Å². The molecule has 0 unspecified atom stereocenters. The number of esters is 1. The summed E-state index contributed by atoms with van der Waals surface area (Å²) >= 11 is 5.18. The van der Waals surface area contributed by atoms with Crippen molar-refractivity contribution in [2.45, 2.75) is 59.1 Å². The maximum atomic E-state index is 11.6. The van der Waals surface area contributed by atoms with E-state index in [0.29, 0.717) is 37.7 Å². The van der Waals surface area contributed by atoms with Crippen LogP contribution < -0.4 is 31.9 Å². The molecule has 0 radical (unpaired) electrons. The van der Waals surface area contributed by atoms with E-state index in [1.165, 1.54) is 0 Å². The lowest BCUT2D eigenvalue weighted by Crippen LogP contribution is -2.48. The minimum Gasteiger partial charge on any atom is -0.460 e. The summed E-state index contributed by atoms with van der Waals surface area (Å²) in [5, 5.41) is 18.8. The molecule has 9 nitrogen and oxygen atoms in total. The van der Waals surface area contributed by atoms with Crippen molar-refractivity contribution >= 4 is 29.3 Å². The first-order valence-corrected chi connectivity index (χ1v) is 10.5. The first kappa shape index (κ1) is 27.4. The van der Waals surface area contributed by atoms with E-state index in [2.05, 4.69) is 31.9 Å². The first-order valence-electron chi connectivity index (χ1n) is 10.1. The second-order valence-corrected chi connectivity index (χ2v) is 9.06. The Hall–Kier alpha value is -1.65. The van der Waals surface area contributed by atoms with Crippen LogP contribution in [0, 0.1) is 0 Å². The van der Waals surface area contributed by atoms with Crippen molar-refractivity contribution in [1.29, 1.82) is 0 Å². The zero-order chi connectivity index (χ0) is 22.3. The summed E-state index contributed by atoms with van der Waals surface area (Å²) in [7, 11) is 0. The number of hydrogen-bond acceptors (Lipinski definition) is 6. The Morgan fingerprint density at radius 3 is 1.79 bits per heavy atom. The lowest BCUT2D eigenvalue weighted by molar-refractivity contribution is -0.154. The molecule has 0 spiro atoms. The van der Waals surface area contributed by atoms with Crippen molar-refractivity contribution in [1.82, 2.24) is 31.9 Å². The van der Waals surface area contributed by atoms with Crippen molar-refractivity contribution in [2.75, 3.05) is 45.8 Å². The van der Waals surface area contributed by atoms with Gasteiger partial charge in [0.2, 0.25) is 0 Å². The van der Waals surface area contributed by atoms with Gasteiger partial charge < -0.3 is 36.6 Å². The molecule has 0 aromatic carbocycles. The van der Waals surface area contributed by atoms with Crippen molar-refractivity contribution in [3.05, 3.63) is 0 Å². The van der Waals surface area contributed by atoms with E-state index in [1.54, 1.807) is 0 Å². The standard InChI is InChI=1S/C19H40N6O3S/c1-18(2,3)25-16(27)22-13-14-24-17(29)23-12-11-21-10-9-20-8-7-15(26)28-19(4,5)6/h20-21H,7-14H2,1-6H3,(H2,22,25,27)(H2,23,24,29). The average molecular weight is 433 g/mol. The van der Waals surface area contributed by atoms with Gasteiger partial charge in [-0.25, -0.2) is 4.79 Å². The van der Waals surface area contributed by atoms with E-state index >= 15 is 0 Å². The number of urea groups is 1. The smallest absolute Gasteiger partial charge is 0.315 e. The summed E-state index contributed by atoms with van der Waals surface area (Å²) in [6, 6.07) is -0.193. The van der Waals surface area contributed by atoms with Gasteiger partial charge in [0.1, 0.15) is 5.60 Å². The summed E-state index contributed by atoms with van der Waals surface area (Å²) in [5.41, 5.74) is -0.687. The van der Waals surface area contributed by atoms with Gasteiger partial charge in [0.05, 0.1) is 6.42 Å². The van der Waals surface area contributed by atoms with Crippen LogP contribution in [0.15, 0.2) is 0 Å². The number of carbonyl (C=O) groups is 2. The Kier molecular flexibility index (Phi) is 13.5. The number of nitrogens with one attached hydrogen (secondary N) is 6. The van der Waals surface area contributed by atoms with E-state index in [9.17, 15) is 9.59 Å². The van der Waals surface area contributed by atoms with Gasteiger partial charge in [-0.2, -0.15) is 0 Å². The molecule has 0 aliphatic rings. The highest BCUT2D eigenvalue weighted by Gasteiger charge is 2.15. The summed E-state index contributed by atoms with van der Waals surface area (Å²) < 4.78 is 5.24. The molecule has 0 saturated carbocycles. The van der Waals surface area contributed by atoms with Crippen LogP contribution in [0.3, 0.4) is 0 Å². The van der Waals surface area contributed by atoms with E-state index < -0.39 is 5.60 Å². The fourth-order valence-electron chi connectivity index (χ4n) is 2.07. The van der Waals surface area contributed by atoms with E-state index in [-0.39, 0.29) is 17.5 Å². The zero-order valence-corrected chi connectivity index (χ0v) is 19.6. The SMILES string of the molecule is CC(C)(C)NC(=O)NCCNC(=S)NCCNCCNCCC(=O)OC(C)(C)C. The van der Waals surface area contributed by atoms with E-state index in [1.807, 2.05) is 41.5 Å². The number of rotatable bonds is 12. The highest BCUT2D eigenvalue weighted by molar-refractivity contribution is 7.80. The molecule has 0 bridgehead atoms. The van der Waals surface area contributed by atoms with Crippen molar-refractivity contribution < 1.29 is 14.3 Å². The fourth-order valence-corrected chi connectivity index (χ4v) is 2.28. The number of ether oxygens (including phenoxy) is 1. The molecule has 0 aliphatic heterocycles. The molecule has 170 valence electrons. The third-order valence-electron chi connectivity index (χ3n) is 3.18. The quantitative estimate of drug-likeness (QED) is 0.150. The molecule has 0 rings (SSSR count). The summed E-state index contributed by atoms with van der Waals surface area (Å²) in [6.07, 6.45) is 0.367. The zero-order valence-electron chi connectivity index (χ0n) is 18.8. The first-order chi connectivity index (χ1) is 13.4. The lowest BCUT2D eigenvalue weighted by Gasteiger charge is -2.20. The molecule has 0 aromatic heterocycles. The molecule has 6 N–H and O–H groups in total. The molecule has 10 heteroatoms. The molecule has 0 aliphatic carbocycles. The second-order valence-electron chi connectivity index (χ2n) is 8.65. The molecule has 29 heavy (non-hydrogen) atoms. The third-order valence-corrected chi connectivity index (χ3v) is 3.47. The highest BCUT2D eigenvalue weighted by atomic mass is 32.1. The van der Waals surface area contributed by atoms with Gasteiger partial charge in [0.25, 0.3) is 0 Å². The molecule has 0 aromatic rings. The van der Waals surface area contributed by atoms with Gasteiger partial charge in [-0.15, -0.1) is 0 Å². The number of thiocarbonyl (C=S) groups is 1. The van der Waals surface area contributed by atoms with Crippen LogP contribution in [0.1, 0.15) is 48.0 Å². The summed E-state index contributed by atoms with van der Waals surface area (Å²) in [6.45, 7) is 16.0. The monoisotopic (exact) mass is 432 g/mol. The normalized spacial score (nSPS) is 11.5. The lowest BCUT2D eigenvalue weighted by atomic mass is 10.1. The Morgan fingerprint density at radius 1 is 0.759 bits per heavy atom. The molecule has 0 fully saturated rings. The Labute approximate surface area is 180 Å². The van der Waals surface area contributed by atoms with Crippen LogP contribution in [0.2, 0.25) is 0 Å². The van der Waals surface area contributed by atoms with Crippen LogP contribution >= 0.6 is 12.2 Å². The van der Waals surface area contributed by atoms with Gasteiger partial charge in [-0.05, 0) is 53.8 Å². The Bertz CT molecular complexity index is 503. The third kappa shape index (κ3) is 20.9. The number of amides is 2. The van der Waals surface area contributed by atoms with Gasteiger partial charge in [-0.1, -0.05) is 0 Å². The predicted molar refractivity (Wildman–Crippen MR) is 121 cm³/mol. The van der Waals surface area contributed by atoms with Crippen molar-refractivity contribution in [3.8, 4) is 0 Å². The van der Waals surface area contributed by atoms with Gasteiger partial charge >= 0.3 is 12.0 Å². The maximum Gasteiger partial charge on any atom is 0.315 e. The predicted octanol–water partition coefficient (Wildman–Crippen LogP) is 0.459. The average Bonchev–Trinajstić information content (AvgIpc) is 2.54. The summed E-state index contributed by atoms with van der Waals surface area (Å²) in [5.74, 6) is -0.187. The van der Waals surface area contributed by atoms with E-state index in [4.69, 9.17) is 17.0 Å². The van der Waals surface area contributed by atoms with Gasteiger partial charge in [-0.3, -0.25) is 4.79 Å². The number of carbonyl (C=O) groups excluding carboxylic acids is 2. The molecular formula is C19H40N6O3S. The number of hydrogen-bond donors (Lipinski definition) is 6. The molecule has 2 amide bonds. The van der Waals surface area contributed by atoms with Crippen molar-refractivity contribution in [3.63, 3.8) is 0 Å². The second kappa shape index (κ2) is 14.4. The van der Waals surface area contributed by atoms with Crippen LogP contribution in [0.5, 0.6) is 0 Å². The minimum atomic E-state index is -0.432. The highest BCUT2D eigenvalue weighted by Crippen LogP contribution is 2.07. The fraction of sp³-hybridized carbons (Fsp3) is 0.842. The molecule has 0 saturated heterocycles. The van der Waals surface area contributed by atoms with E-state index in [0.717, 1.165) is 19.6 Å². The van der Waals surface area contributed by atoms with Crippen molar-refractivity contribution in [2.24, 2.45) is 0 Å². The molecule has 0 atom stereocenters. The van der Waals surface area contributed by atoms with Crippen LogP contribution in [-0.2, 0) is 9.53 Å². The van der Waals surface area contributed by atoms with Crippen LogP contribution in [0.4, 0.5) is 4.79 Å². The van der Waals surface area contributed by atoms with Gasteiger partial charge in [0.15, 0.2) is 5.11 Å². The Balaban J connectivity index is 3.46. The largest absolute Gasteiger partial charge is 0.460 e. The van der Waals surface area contributed by atoms with Crippen LogP contribution in [0.25, 0.3) is 0 Å². The minimum absolute atomic E-state index is 0.187. The molecular weight excluding hydrogens is 392 g/mol. The Morgan fingerprint density at radius 2 is 1.24 bits per heavy atom. The van der Waals surface area contributed by atoms with Gasteiger partial charge in [0, 0.05) is 51.4 Å². The van der Waals surface area contributed by atoms with Crippen LogP contribution in [-0.4, -0.2) is 74.1 Å². The summed E-state index contributed by atoms with van der Waals surface area (Å²) in [4.78, 5) is 23.1.